The molecule has 0 aromatic heterocycles. The van der Waals surface area contributed by atoms with Crippen molar-refractivity contribution in [1.82, 2.24) is 5.32 Å². The van der Waals surface area contributed by atoms with Crippen molar-refractivity contribution in [1.29, 1.82) is 0 Å². The lowest BCUT2D eigenvalue weighted by molar-refractivity contribution is -0.147. The maximum Gasteiger partial charge on any atom is 0.472 e. The molecule has 0 fully saturated rings. The topological polar surface area (TPSA) is 131 Å². The van der Waals surface area contributed by atoms with Crippen molar-refractivity contribution in [3.8, 4) is 0 Å². The van der Waals surface area contributed by atoms with Crippen LogP contribution in [0, 0.1) is 0 Å². The molecule has 0 heterocycles. The zero-order valence-electron chi connectivity index (χ0n) is 33.9. The molecule has 0 rings (SSSR count). The van der Waals surface area contributed by atoms with E-state index in [1.807, 2.05) is 0 Å². The highest BCUT2D eigenvalue weighted by Crippen LogP contribution is 2.42. The van der Waals surface area contributed by atoms with E-state index >= 15 is 0 Å². The molecule has 0 aliphatic rings. The average Bonchev–Trinajstić information content (AvgIpc) is 3.16. The molecule has 2 atom stereocenters. The van der Waals surface area contributed by atoms with Crippen molar-refractivity contribution < 1.29 is 37.9 Å². The number of phosphoric ester groups is 1. The predicted molar refractivity (Wildman–Crippen MR) is 224 cm³/mol. The second-order valence-electron chi connectivity index (χ2n) is 13.6. The van der Waals surface area contributed by atoms with Gasteiger partial charge in [-0.05, 0) is 83.5 Å². The highest BCUT2D eigenvalue weighted by molar-refractivity contribution is 7.47. The Bertz CT molecular complexity index is 1110. The van der Waals surface area contributed by atoms with E-state index < -0.39 is 26.5 Å². The van der Waals surface area contributed by atoms with Crippen LogP contribution in [0.1, 0.15) is 162 Å². The summed E-state index contributed by atoms with van der Waals surface area (Å²) in [7, 11) is -4.43. The molecular weight excluding hydrogens is 701 g/mol. The first-order valence-electron chi connectivity index (χ1n) is 20.9. The normalized spacial score (nSPS) is 14.1. The Morgan fingerprint density at radius 1 is 0.574 bits per heavy atom. The molecule has 310 valence electrons. The lowest BCUT2D eigenvalue weighted by Gasteiger charge is -2.15. The maximum absolute atomic E-state index is 12.1. The second kappa shape index (κ2) is 40.1. The summed E-state index contributed by atoms with van der Waals surface area (Å²) >= 11 is 0. The summed E-state index contributed by atoms with van der Waals surface area (Å²) in [5, 5.41) is 12.7. The molecule has 9 nitrogen and oxygen atoms in total. The van der Waals surface area contributed by atoms with Crippen molar-refractivity contribution in [2.75, 3.05) is 26.4 Å². The van der Waals surface area contributed by atoms with E-state index in [0.717, 1.165) is 89.9 Å². The van der Waals surface area contributed by atoms with Crippen LogP contribution in [0.5, 0.6) is 0 Å². The summed E-state index contributed by atoms with van der Waals surface area (Å²) in [6.45, 7) is 3.40. The highest BCUT2D eigenvalue weighted by atomic mass is 31.2. The van der Waals surface area contributed by atoms with Crippen molar-refractivity contribution in [2.45, 2.75) is 168 Å². The van der Waals surface area contributed by atoms with Gasteiger partial charge in [-0.2, -0.15) is 0 Å². The molecule has 0 saturated heterocycles. The Labute approximate surface area is 329 Å². The Balaban J connectivity index is 3.70. The number of aliphatic hydroxyl groups is 1. The van der Waals surface area contributed by atoms with E-state index in [4.69, 9.17) is 13.8 Å². The van der Waals surface area contributed by atoms with Crippen LogP contribution >= 0.6 is 7.82 Å². The number of nitrogens with one attached hydrogen (secondary N) is 1. The van der Waals surface area contributed by atoms with E-state index in [1.165, 1.54) is 38.5 Å². The number of allylic oxidation sites excluding steroid dienone is 12. The lowest BCUT2D eigenvalue weighted by atomic mass is 10.1. The van der Waals surface area contributed by atoms with Crippen molar-refractivity contribution in [2.24, 2.45) is 0 Å². The first-order chi connectivity index (χ1) is 26.3. The summed E-state index contributed by atoms with van der Waals surface area (Å²) < 4.78 is 26.8. The number of hydrogen-bond acceptors (Lipinski definition) is 7. The van der Waals surface area contributed by atoms with Crippen molar-refractivity contribution in [3.63, 3.8) is 0 Å². The van der Waals surface area contributed by atoms with Crippen LogP contribution < -0.4 is 5.32 Å². The van der Waals surface area contributed by atoms with Crippen LogP contribution in [-0.4, -0.2) is 54.3 Å². The van der Waals surface area contributed by atoms with Gasteiger partial charge in [0.15, 0.2) is 0 Å². The number of hydrogen-bond donors (Lipinski definition) is 3. The minimum Gasteiger partial charge on any atom is -0.463 e. The average molecular weight is 778 g/mol. The van der Waals surface area contributed by atoms with Gasteiger partial charge in [-0.15, -0.1) is 0 Å². The Morgan fingerprint density at radius 2 is 1.02 bits per heavy atom. The van der Waals surface area contributed by atoms with Gasteiger partial charge in [-0.25, -0.2) is 4.57 Å². The number of carbonyl (C=O) groups excluding carboxylic acids is 2. The van der Waals surface area contributed by atoms with Crippen LogP contribution in [0.25, 0.3) is 0 Å². The number of phosphoric acid groups is 1. The van der Waals surface area contributed by atoms with Crippen LogP contribution in [-0.2, 0) is 27.9 Å². The molecule has 0 aliphatic heterocycles. The van der Waals surface area contributed by atoms with Gasteiger partial charge in [-0.1, -0.05) is 138 Å². The minimum atomic E-state index is -4.43. The van der Waals surface area contributed by atoms with Gasteiger partial charge in [0.05, 0.1) is 13.2 Å². The fraction of sp³-hybridized carbons (Fsp3) is 0.682. The van der Waals surface area contributed by atoms with E-state index in [0.29, 0.717) is 12.8 Å². The quantitative estimate of drug-likeness (QED) is 0.0244. The molecule has 0 aliphatic carbocycles. The molecule has 1 amide bonds. The lowest BCUT2D eigenvalue weighted by Crippen LogP contribution is -2.27. The van der Waals surface area contributed by atoms with E-state index in [1.54, 1.807) is 0 Å². The molecule has 0 spiro atoms. The van der Waals surface area contributed by atoms with Gasteiger partial charge in [0, 0.05) is 19.4 Å². The highest BCUT2D eigenvalue weighted by Gasteiger charge is 2.23. The van der Waals surface area contributed by atoms with Gasteiger partial charge in [0.1, 0.15) is 12.7 Å². The molecule has 10 heteroatoms. The number of esters is 1. The zero-order chi connectivity index (χ0) is 39.6. The molecule has 0 bridgehead atoms. The van der Waals surface area contributed by atoms with Crippen LogP contribution in [0.2, 0.25) is 0 Å². The summed E-state index contributed by atoms with van der Waals surface area (Å²) in [5.74, 6) is -0.568. The molecular formula is C44H76NO8P. The number of amides is 1. The standard InChI is InChI=1S/C44H76NO8P/c1-3-5-7-9-11-13-15-17-19-20-21-22-23-24-26-28-30-32-34-36-43(47)45-38-39-52-54(49,50)53-41-42(46)40-51-44(48)37-35-33-31-29-27-25-18-16-14-12-10-8-6-4-2/h10-13,16-19,21-22,24,26,42,46H,3-9,14-15,20,23,25,27-41H2,1-2H3,(H,45,47)(H,49,50)/b12-10-,13-11-,18-16-,19-17-,22-21-,26-24-. The third-order valence-electron chi connectivity index (χ3n) is 8.36. The van der Waals surface area contributed by atoms with Gasteiger partial charge < -0.3 is 20.1 Å². The molecule has 54 heavy (non-hydrogen) atoms. The van der Waals surface area contributed by atoms with E-state index in [9.17, 15) is 24.2 Å². The molecule has 0 aromatic rings. The van der Waals surface area contributed by atoms with Crippen LogP contribution in [0.4, 0.5) is 0 Å². The summed E-state index contributed by atoms with van der Waals surface area (Å²) in [6, 6.07) is 0. The Morgan fingerprint density at radius 3 is 1.57 bits per heavy atom. The fourth-order valence-electron chi connectivity index (χ4n) is 5.14. The second-order valence-corrected chi connectivity index (χ2v) is 15.1. The largest absolute Gasteiger partial charge is 0.472 e. The van der Waals surface area contributed by atoms with Crippen LogP contribution in [0.3, 0.4) is 0 Å². The minimum absolute atomic E-state index is 0.0588. The number of carbonyl (C=O) groups is 2. The molecule has 0 saturated carbocycles. The van der Waals surface area contributed by atoms with Crippen LogP contribution in [0.15, 0.2) is 72.9 Å². The molecule has 3 N–H and O–H groups in total. The molecule has 0 radical (unpaired) electrons. The maximum atomic E-state index is 12.1. The van der Waals surface area contributed by atoms with E-state index in [2.05, 4.69) is 92.1 Å². The van der Waals surface area contributed by atoms with E-state index in [-0.39, 0.29) is 32.1 Å². The first kappa shape index (κ1) is 51.5. The zero-order valence-corrected chi connectivity index (χ0v) is 34.8. The summed E-state index contributed by atoms with van der Waals surface area (Å²) in [4.78, 5) is 33.8. The van der Waals surface area contributed by atoms with Crippen molar-refractivity contribution >= 4 is 19.7 Å². The Kier molecular flexibility index (Phi) is 38.2. The summed E-state index contributed by atoms with van der Waals surface area (Å²) in [6.07, 6.45) is 48.3. The summed E-state index contributed by atoms with van der Waals surface area (Å²) in [5.41, 5.74) is 0. The third-order valence-corrected chi connectivity index (χ3v) is 9.34. The number of aliphatic hydroxyl groups excluding tert-OH is 1. The third kappa shape index (κ3) is 40.6. The molecule has 0 aromatic carbocycles. The fourth-order valence-corrected chi connectivity index (χ4v) is 5.90. The van der Waals surface area contributed by atoms with Gasteiger partial charge in [-0.3, -0.25) is 18.6 Å². The van der Waals surface area contributed by atoms with Gasteiger partial charge >= 0.3 is 13.8 Å². The molecule has 2 unspecified atom stereocenters. The monoisotopic (exact) mass is 778 g/mol. The smallest absolute Gasteiger partial charge is 0.463 e. The van der Waals surface area contributed by atoms with Gasteiger partial charge in [0.2, 0.25) is 5.91 Å². The number of ether oxygens (including phenoxy) is 1. The predicted octanol–water partition coefficient (Wildman–Crippen LogP) is 11.5. The SMILES string of the molecule is CCCC/C=C\C/C=C\CCCCCCCC(=O)OCC(O)COP(=O)(O)OCCNC(=O)CCCCC/C=C\C/C=C\C/C=C\C/C=C\CCCCC. The number of unbranched alkanes of at least 4 members (excludes halogenated alkanes) is 13. The Hall–Kier alpha value is -2.55. The number of rotatable bonds is 38. The van der Waals surface area contributed by atoms with Crippen molar-refractivity contribution in [3.05, 3.63) is 72.9 Å². The van der Waals surface area contributed by atoms with Gasteiger partial charge in [0.25, 0.3) is 0 Å². The first-order valence-corrected chi connectivity index (χ1v) is 22.4.